The van der Waals surface area contributed by atoms with Crippen LogP contribution in [-0.2, 0) is 10.0 Å². The van der Waals surface area contributed by atoms with Crippen LogP contribution in [0.5, 0.6) is 0 Å². The molecule has 8 nitrogen and oxygen atoms in total. The van der Waals surface area contributed by atoms with Gasteiger partial charge < -0.3 is 8.83 Å². The summed E-state index contributed by atoms with van der Waals surface area (Å²) in [5.41, 5.74) is 6.82. The van der Waals surface area contributed by atoms with Crippen LogP contribution in [0.4, 0.5) is 5.69 Å². The number of rotatable bonds is 6. The van der Waals surface area contributed by atoms with E-state index in [1.165, 1.54) is 17.1 Å². The minimum Gasteiger partial charge on any atom is -0.467 e. The molecule has 0 radical (unpaired) electrons. The number of sulfonamides is 1. The Balaban J connectivity index is 1.33. The number of allylic oxidation sites excluding steroid dienone is 1. The SMILES string of the molecule is O=C(c1cccc(S(=O)(=O)Nc2ccc(Cl)cc2)c1)N1NC2=C(CCC/C2=C\c2ccco2)C1c1ccco1. The predicted octanol–water partition coefficient (Wildman–Crippen LogP) is 6.55. The normalized spacial score (nSPS) is 18.2. The molecular weight excluding hydrogens is 538 g/mol. The number of anilines is 1. The van der Waals surface area contributed by atoms with E-state index in [-0.39, 0.29) is 16.4 Å². The van der Waals surface area contributed by atoms with Gasteiger partial charge in [0.15, 0.2) is 0 Å². The van der Waals surface area contributed by atoms with Gasteiger partial charge in [0.2, 0.25) is 0 Å². The summed E-state index contributed by atoms with van der Waals surface area (Å²) in [5.74, 6) is 0.964. The molecule has 198 valence electrons. The van der Waals surface area contributed by atoms with Crippen molar-refractivity contribution in [3.05, 3.63) is 124 Å². The summed E-state index contributed by atoms with van der Waals surface area (Å²) in [4.78, 5) is 13.9. The lowest BCUT2D eigenvalue weighted by molar-refractivity contribution is 0.0636. The summed E-state index contributed by atoms with van der Waals surface area (Å²) in [6, 6.07) is 19.2. The average molecular weight is 562 g/mol. The topological polar surface area (TPSA) is 105 Å². The van der Waals surface area contributed by atoms with Crippen LogP contribution in [0.1, 0.15) is 47.2 Å². The zero-order chi connectivity index (χ0) is 27.0. The highest BCUT2D eigenvalue weighted by molar-refractivity contribution is 7.92. The Kier molecular flexibility index (Phi) is 6.54. The van der Waals surface area contributed by atoms with Crippen LogP contribution in [0.25, 0.3) is 6.08 Å². The highest BCUT2D eigenvalue weighted by Gasteiger charge is 2.41. The third kappa shape index (κ3) is 4.98. The largest absolute Gasteiger partial charge is 0.467 e. The monoisotopic (exact) mass is 561 g/mol. The van der Waals surface area contributed by atoms with Gasteiger partial charge in [-0.3, -0.25) is 14.9 Å². The number of nitrogens with zero attached hydrogens (tertiary/aromatic N) is 1. The number of hydrazine groups is 1. The van der Waals surface area contributed by atoms with Crippen molar-refractivity contribution in [1.82, 2.24) is 10.4 Å². The molecule has 3 heterocycles. The summed E-state index contributed by atoms with van der Waals surface area (Å²) < 4.78 is 40.0. The van der Waals surface area contributed by atoms with Crippen molar-refractivity contribution < 1.29 is 22.0 Å². The Morgan fingerprint density at radius 1 is 1.00 bits per heavy atom. The number of benzene rings is 2. The molecule has 1 aliphatic carbocycles. The highest BCUT2D eigenvalue weighted by atomic mass is 35.5. The molecule has 1 atom stereocenters. The molecule has 0 bridgehead atoms. The Labute approximate surface area is 230 Å². The lowest BCUT2D eigenvalue weighted by atomic mass is 9.88. The molecule has 0 saturated carbocycles. The van der Waals surface area contributed by atoms with E-state index in [1.807, 2.05) is 24.3 Å². The predicted molar refractivity (Wildman–Crippen MR) is 147 cm³/mol. The second-order valence-corrected chi connectivity index (χ2v) is 11.4. The molecule has 1 aliphatic heterocycles. The Hall–Kier alpha value is -4.21. The van der Waals surface area contributed by atoms with Crippen molar-refractivity contribution >= 4 is 39.3 Å². The fourth-order valence-corrected chi connectivity index (χ4v) is 6.18. The fraction of sp³-hybridized carbons (Fsp3) is 0.138. The summed E-state index contributed by atoms with van der Waals surface area (Å²) in [5, 5.41) is 2.01. The first kappa shape index (κ1) is 25.1. The molecule has 6 rings (SSSR count). The van der Waals surface area contributed by atoms with Crippen molar-refractivity contribution in [2.45, 2.75) is 30.2 Å². The molecule has 0 saturated heterocycles. The van der Waals surface area contributed by atoms with Crippen LogP contribution in [-0.4, -0.2) is 19.3 Å². The third-order valence-corrected chi connectivity index (χ3v) is 8.36. The second-order valence-electron chi connectivity index (χ2n) is 9.28. The molecule has 10 heteroatoms. The Morgan fingerprint density at radius 2 is 1.79 bits per heavy atom. The summed E-state index contributed by atoms with van der Waals surface area (Å²) in [7, 11) is -3.95. The van der Waals surface area contributed by atoms with Crippen molar-refractivity contribution in [2.75, 3.05) is 4.72 Å². The maximum absolute atomic E-state index is 13.9. The van der Waals surface area contributed by atoms with Gasteiger partial charge in [-0.25, -0.2) is 13.4 Å². The van der Waals surface area contributed by atoms with Crippen LogP contribution in [0.2, 0.25) is 5.02 Å². The number of carbonyl (C=O) groups is 1. The van der Waals surface area contributed by atoms with Crippen molar-refractivity contribution in [3.63, 3.8) is 0 Å². The zero-order valence-corrected chi connectivity index (χ0v) is 22.2. The first-order valence-electron chi connectivity index (χ1n) is 12.4. The highest BCUT2D eigenvalue weighted by Crippen LogP contribution is 2.44. The van der Waals surface area contributed by atoms with Crippen LogP contribution in [0.15, 0.2) is 116 Å². The number of amides is 1. The smallest absolute Gasteiger partial charge is 0.273 e. The number of hydrogen-bond donors (Lipinski definition) is 2. The fourth-order valence-electron chi connectivity index (χ4n) is 4.95. The van der Waals surface area contributed by atoms with E-state index in [4.69, 9.17) is 20.4 Å². The summed E-state index contributed by atoms with van der Waals surface area (Å²) in [6.07, 6.45) is 7.70. The van der Waals surface area contributed by atoms with Gasteiger partial charge in [-0.2, -0.15) is 0 Å². The number of furan rings is 2. The maximum Gasteiger partial charge on any atom is 0.273 e. The van der Waals surface area contributed by atoms with E-state index in [2.05, 4.69) is 10.1 Å². The first-order valence-corrected chi connectivity index (χ1v) is 14.2. The quantitative estimate of drug-likeness (QED) is 0.276. The first-order chi connectivity index (χ1) is 18.9. The van der Waals surface area contributed by atoms with Crippen molar-refractivity contribution in [3.8, 4) is 0 Å². The number of carbonyl (C=O) groups excluding carboxylic acids is 1. The summed E-state index contributed by atoms with van der Waals surface area (Å²) in [6.45, 7) is 0. The molecule has 2 aromatic heterocycles. The minimum absolute atomic E-state index is 0.0341. The lowest BCUT2D eigenvalue weighted by Gasteiger charge is -2.25. The van der Waals surface area contributed by atoms with Gasteiger partial charge in [0.05, 0.1) is 23.1 Å². The molecule has 2 aliphatic rings. The van der Waals surface area contributed by atoms with Gasteiger partial charge in [-0.05, 0) is 103 Å². The molecule has 4 aromatic rings. The van der Waals surface area contributed by atoms with Crippen LogP contribution in [0, 0.1) is 0 Å². The molecule has 0 spiro atoms. The van der Waals surface area contributed by atoms with E-state index in [9.17, 15) is 13.2 Å². The van der Waals surface area contributed by atoms with Gasteiger partial charge >= 0.3 is 0 Å². The Bertz CT molecular complexity index is 1670. The van der Waals surface area contributed by atoms with E-state index >= 15 is 0 Å². The van der Waals surface area contributed by atoms with Crippen LogP contribution >= 0.6 is 11.6 Å². The average Bonchev–Trinajstić information content (AvgIpc) is 3.71. The van der Waals surface area contributed by atoms with E-state index in [1.54, 1.807) is 55.0 Å². The van der Waals surface area contributed by atoms with Gasteiger partial charge in [-0.15, -0.1) is 0 Å². The number of halogens is 1. The molecule has 2 aromatic carbocycles. The Morgan fingerprint density at radius 3 is 2.54 bits per heavy atom. The van der Waals surface area contributed by atoms with E-state index in [0.717, 1.165) is 41.9 Å². The molecule has 1 amide bonds. The molecular formula is C29H24ClN3O5S. The zero-order valence-electron chi connectivity index (χ0n) is 20.6. The molecule has 39 heavy (non-hydrogen) atoms. The van der Waals surface area contributed by atoms with Crippen LogP contribution in [0.3, 0.4) is 0 Å². The molecule has 0 fully saturated rings. The van der Waals surface area contributed by atoms with E-state index in [0.29, 0.717) is 16.5 Å². The van der Waals surface area contributed by atoms with E-state index < -0.39 is 16.1 Å². The van der Waals surface area contributed by atoms with Crippen molar-refractivity contribution in [2.24, 2.45) is 0 Å². The second kappa shape index (κ2) is 10.2. The van der Waals surface area contributed by atoms with Crippen molar-refractivity contribution in [1.29, 1.82) is 0 Å². The molecule has 1 unspecified atom stereocenters. The third-order valence-electron chi connectivity index (χ3n) is 6.73. The molecule has 2 N–H and O–H groups in total. The van der Waals surface area contributed by atoms with Gasteiger partial charge in [0.25, 0.3) is 15.9 Å². The minimum atomic E-state index is -3.95. The lowest BCUT2D eigenvalue weighted by Crippen LogP contribution is -2.40. The number of nitrogens with one attached hydrogen (secondary N) is 2. The standard InChI is InChI=1S/C29H24ClN3O5S/c30-21-11-13-22(14-12-21)32-39(35,36)24-8-1-6-20(18-24)29(34)33-28(26-10-4-16-38-26)25-9-2-5-19(27(25)31-33)17-23-7-3-15-37-23/h1,3-4,6-8,10-18,28,31-32H,2,5,9H2/b19-17+. The van der Waals surface area contributed by atoms with Gasteiger partial charge in [0.1, 0.15) is 17.6 Å². The van der Waals surface area contributed by atoms with Crippen LogP contribution < -0.4 is 10.1 Å². The van der Waals surface area contributed by atoms with Gasteiger partial charge in [0, 0.05) is 16.3 Å². The summed E-state index contributed by atoms with van der Waals surface area (Å²) >= 11 is 5.91. The van der Waals surface area contributed by atoms with Gasteiger partial charge in [-0.1, -0.05) is 17.7 Å². The maximum atomic E-state index is 13.9. The number of hydrogen-bond acceptors (Lipinski definition) is 6.